The SMILES string of the molecule is c1ccc(Sc2ccc([I+]c3ccc(Sc4ccccc4)s3)s2)cc1. The standard InChI is InChI=1S/C20H14IS4/c1-3-7-15(8-4-1)22-19-13-11-17(24-19)21-18-12-14-20(25-18)23-16-9-5-2-6-10-16/h1-14H/q+1. The molecule has 5 heteroatoms. The first-order valence-corrected chi connectivity index (χ1v) is 13.1. The summed E-state index contributed by atoms with van der Waals surface area (Å²) in [4.78, 5) is 2.62. The van der Waals surface area contributed by atoms with E-state index < -0.39 is 0 Å². The minimum absolute atomic E-state index is 0.0717. The van der Waals surface area contributed by atoms with E-state index in [2.05, 4.69) is 84.9 Å². The zero-order valence-corrected chi connectivity index (χ0v) is 18.5. The quantitative estimate of drug-likeness (QED) is 0.357. The van der Waals surface area contributed by atoms with Crippen LogP contribution in [0.2, 0.25) is 0 Å². The van der Waals surface area contributed by atoms with Gasteiger partial charge in [-0.05, 0) is 36.4 Å². The van der Waals surface area contributed by atoms with E-state index in [1.807, 2.05) is 46.2 Å². The van der Waals surface area contributed by atoms with Crippen molar-refractivity contribution in [2.24, 2.45) is 0 Å². The summed E-state index contributed by atoms with van der Waals surface area (Å²) in [5.41, 5.74) is 0. The number of thiophene rings is 2. The van der Waals surface area contributed by atoms with Crippen LogP contribution in [0.5, 0.6) is 0 Å². The molecule has 0 saturated carbocycles. The molecule has 0 aliphatic rings. The molecular formula is C20H14IS4+. The molecule has 25 heavy (non-hydrogen) atoms. The topological polar surface area (TPSA) is 0 Å². The van der Waals surface area contributed by atoms with Crippen molar-refractivity contribution in [1.82, 2.24) is 0 Å². The number of halogens is 1. The summed E-state index contributed by atoms with van der Waals surface area (Å²) in [6.07, 6.45) is 0. The van der Waals surface area contributed by atoms with E-state index in [-0.39, 0.29) is 21.2 Å². The van der Waals surface area contributed by atoms with Crippen LogP contribution in [0.1, 0.15) is 0 Å². The highest BCUT2D eigenvalue weighted by atomic mass is 127. The predicted molar refractivity (Wildman–Crippen MR) is 107 cm³/mol. The second kappa shape index (κ2) is 8.77. The summed E-state index contributed by atoms with van der Waals surface area (Å²) in [5.74, 6) is 0. The van der Waals surface area contributed by atoms with Crippen LogP contribution in [0.25, 0.3) is 0 Å². The molecule has 0 bridgehead atoms. The summed E-state index contributed by atoms with van der Waals surface area (Å²) >= 11 is 7.55. The van der Waals surface area contributed by atoms with Crippen LogP contribution in [0.4, 0.5) is 0 Å². The van der Waals surface area contributed by atoms with Gasteiger partial charge in [-0.2, -0.15) is 0 Å². The van der Waals surface area contributed by atoms with Gasteiger partial charge in [0.15, 0.2) is 0 Å². The Labute approximate surface area is 175 Å². The lowest BCUT2D eigenvalue weighted by Crippen LogP contribution is -3.61. The predicted octanol–water partition coefficient (Wildman–Crippen LogP) is 4.24. The van der Waals surface area contributed by atoms with Crippen molar-refractivity contribution < 1.29 is 21.2 Å². The molecule has 0 spiro atoms. The largest absolute Gasteiger partial charge is 0.381 e. The number of hydrogen-bond donors (Lipinski definition) is 0. The molecule has 4 rings (SSSR count). The maximum Gasteiger partial charge on any atom is 0.381 e. The fraction of sp³-hybridized carbons (Fsp3) is 0. The third-order valence-electron chi connectivity index (χ3n) is 3.21. The Kier molecular flexibility index (Phi) is 6.20. The number of rotatable bonds is 6. The van der Waals surface area contributed by atoms with Crippen molar-refractivity contribution in [2.45, 2.75) is 18.2 Å². The second-order valence-corrected chi connectivity index (χ2v) is 14.3. The molecule has 2 heterocycles. The lowest BCUT2D eigenvalue weighted by molar-refractivity contribution is -0.585. The van der Waals surface area contributed by atoms with Crippen LogP contribution >= 0.6 is 46.2 Å². The van der Waals surface area contributed by atoms with E-state index in [0.29, 0.717) is 0 Å². The van der Waals surface area contributed by atoms with Gasteiger partial charge in [0.1, 0.15) is 0 Å². The van der Waals surface area contributed by atoms with Gasteiger partial charge < -0.3 is 0 Å². The monoisotopic (exact) mass is 509 g/mol. The van der Waals surface area contributed by atoms with E-state index in [0.717, 1.165) is 0 Å². The van der Waals surface area contributed by atoms with Gasteiger partial charge in [0.2, 0.25) is 5.77 Å². The van der Waals surface area contributed by atoms with Gasteiger partial charge in [-0.25, -0.2) is 0 Å². The van der Waals surface area contributed by atoms with Gasteiger partial charge in [-0.3, -0.25) is 0 Å². The summed E-state index contributed by atoms with van der Waals surface area (Å²) in [6.45, 7) is 0. The van der Waals surface area contributed by atoms with E-state index in [1.165, 1.54) is 24.0 Å². The molecular weight excluding hydrogens is 495 g/mol. The molecule has 0 nitrogen and oxygen atoms in total. The van der Waals surface area contributed by atoms with Crippen LogP contribution in [0, 0.1) is 5.77 Å². The molecule has 0 radical (unpaired) electrons. The summed E-state index contributed by atoms with van der Waals surface area (Å²) in [6, 6.07) is 30.4. The van der Waals surface area contributed by atoms with Gasteiger partial charge in [-0.1, -0.05) is 82.6 Å². The molecule has 124 valence electrons. The van der Waals surface area contributed by atoms with Gasteiger partial charge in [0.05, 0.1) is 8.42 Å². The molecule has 0 amide bonds. The van der Waals surface area contributed by atoms with Crippen molar-refractivity contribution in [2.75, 3.05) is 0 Å². The Balaban J connectivity index is 1.39. The highest BCUT2D eigenvalue weighted by Gasteiger charge is 2.21. The molecule has 0 saturated heterocycles. The third kappa shape index (κ3) is 5.14. The van der Waals surface area contributed by atoms with Crippen LogP contribution in [0.3, 0.4) is 0 Å². The Bertz CT molecular complexity index is 851. The number of hydrogen-bond acceptors (Lipinski definition) is 4. The molecule has 2 aromatic heterocycles. The zero-order valence-electron chi connectivity index (χ0n) is 13.1. The van der Waals surface area contributed by atoms with Crippen LogP contribution in [0.15, 0.2) is 103 Å². The first-order chi connectivity index (χ1) is 12.3. The molecule has 0 unspecified atom stereocenters. The molecule has 0 N–H and O–H groups in total. The summed E-state index contributed by atoms with van der Waals surface area (Å²) in [7, 11) is 0. The fourth-order valence-electron chi connectivity index (χ4n) is 2.11. The summed E-state index contributed by atoms with van der Waals surface area (Å²) in [5, 5.41) is 0. The van der Waals surface area contributed by atoms with Crippen LogP contribution in [-0.4, -0.2) is 0 Å². The Morgan fingerprint density at radius 3 is 1.40 bits per heavy atom. The Hall–Kier alpha value is -0.730. The van der Waals surface area contributed by atoms with E-state index >= 15 is 0 Å². The van der Waals surface area contributed by atoms with Crippen LogP contribution < -0.4 is 21.2 Å². The fourth-order valence-corrected chi connectivity index (χ4v) is 11.6. The van der Waals surface area contributed by atoms with Crippen molar-refractivity contribution in [3.8, 4) is 0 Å². The third-order valence-corrected chi connectivity index (χ3v) is 11.4. The minimum Gasteiger partial charge on any atom is -0.0808 e. The highest BCUT2D eigenvalue weighted by molar-refractivity contribution is 8.01. The second-order valence-electron chi connectivity index (χ2n) is 5.04. The van der Waals surface area contributed by atoms with Crippen molar-refractivity contribution >= 4 is 46.2 Å². The van der Waals surface area contributed by atoms with E-state index in [1.54, 1.807) is 0 Å². The average molecular weight is 510 g/mol. The minimum atomic E-state index is -0.0717. The van der Waals surface area contributed by atoms with Gasteiger partial charge >= 0.3 is 21.2 Å². The van der Waals surface area contributed by atoms with Crippen molar-refractivity contribution in [1.29, 1.82) is 0 Å². The lowest BCUT2D eigenvalue weighted by atomic mass is 10.4. The Morgan fingerprint density at radius 2 is 0.960 bits per heavy atom. The van der Waals surface area contributed by atoms with E-state index in [4.69, 9.17) is 0 Å². The first-order valence-electron chi connectivity index (χ1n) is 7.65. The van der Waals surface area contributed by atoms with Gasteiger partial charge in [0, 0.05) is 21.9 Å². The highest BCUT2D eigenvalue weighted by Crippen LogP contribution is 2.32. The summed E-state index contributed by atoms with van der Waals surface area (Å²) < 4.78 is 5.85. The van der Waals surface area contributed by atoms with Crippen molar-refractivity contribution in [3.05, 3.63) is 90.7 Å². The molecule has 0 aliphatic carbocycles. The lowest BCUT2D eigenvalue weighted by Gasteiger charge is -1.95. The normalized spacial score (nSPS) is 10.9. The first kappa shape index (κ1) is 17.7. The maximum absolute atomic E-state index is 2.31. The van der Waals surface area contributed by atoms with Gasteiger partial charge in [-0.15, -0.1) is 0 Å². The zero-order chi connectivity index (χ0) is 16.9. The average Bonchev–Trinajstić information content (AvgIpc) is 3.27. The molecule has 2 aromatic carbocycles. The smallest absolute Gasteiger partial charge is 0.0808 e. The van der Waals surface area contributed by atoms with Crippen LogP contribution in [-0.2, 0) is 0 Å². The molecule has 0 aliphatic heterocycles. The number of benzene rings is 2. The van der Waals surface area contributed by atoms with Crippen molar-refractivity contribution in [3.63, 3.8) is 0 Å². The van der Waals surface area contributed by atoms with Gasteiger partial charge in [0.25, 0.3) is 0 Å². The maximum atomic E-state index is 2.31. The molecule has 0 atom stereocenters. The Morgan fingerprint density at radius 1 is 0.520 bits per heavy atom. The molecule has 0 fully saturated rings. The van der Waals surface area contributed by atoms with E-state index in [9.17, 15) is 0 Å². The molecule has 4 aromatic rings.